The van der Waals surface area contributed by atoms with Crippen LogP contribution >= 0.6 is 11.6 Å². The zero-order valence-corrected chi connectivity index (χ0v) is 12.5. The number of aryl methyl sites for hydroxylation is 1. The highest BCUT2D eigenvalue weighted by Gasteiger charge is 2.32. The summed E-state index contributed by atoms with van der Waals surface area (Å²) in [6.45, 7) is 4.26. The molecule has 2 heterocycles. The van der Waals surface area contributed by atoms with Gasteiger partial charge >= 0.3 is 6.18 Å². The maximum atomic E-state index is 12.6. The lowest BCUT2D eigenvalue weighted by Crippen LogP contribution is -2.10. The summed E-state index contributed by atoms with van der Waals surface area (Å²) in [6, 6.07) is 0.859. The van der Waals surface area contributed by atoms with Crippen molar-refractivity contribution in [3.63, 3.8) is 0 Å². The van der Waals surface area contributed by atoms with E-state index in [0.29, 0.717) is 6.54 Å². The van der Waals surface area contributed by atoms with Crippen LogP contribution in [0, 0.1) is 13.8 Å². The van der Waals surface area contributed by atoms with Crippen LogP contribution < -0.4 is 5.32 Å². The molecule has 2 aromatic rings. The molecular weight excluding hydrogens is 305 g/mol. The minimum Gasteiger partial charge on any atom is -0.316 e. The first-order valence-corrected chi connectivity index (χ1v) is 6.56. The Hall–Kier alpha value is -1.60. The summed E-state index contributed by atoms with van der Waals surface area (Å²) in [5.74, 6) is 0.188. The van der Waals surface area contributed by atoms with Crippen LogP contribution in [-0.4, -0.2) is 21.8 Å². The van der Waals surface area contributed by atoms with E-state index in [-0.39, 0.29) is 10.8 Å². The van der Waals surface area contributed by atoms with Crippen molar-refractivity contribution >= 4 is 11.6 Å². The third kappa shape index (κ3) is 3.03. The predicted molar refractivity (Wildman–Crippen MR) is 73.6 cm³/mol. The molecule has 114 valence electrons. The molecule has 0 radical (unpaired) electrons. The summed E-state index contributed by atoms with van der Waals surface area (Å²) in [5, 5.41) is 7.23. The summed E-state index contributed by atoms with van der Waals surface area (Å²) in [5.41, 5.74) is 1.65. The summed E-state index contributed by atoms with van der Waals surface area (Å²) in [4.78, 5) is 3.82. The highest BCUT2D eigenvalue weighted by Crippen LogP contribution is 2.32. The minimum atomic E-state index is -4.47. The van der Waals surface area contributed by atoms with Gasteiger partial charge in [-0.3, -0.25) is 0 Å². The van der Waals surface area contributed by atoms with Crippen LogP contribution in [0.2, 0.25) is 5.02 Å². The van der Waals surface area contributed by atoms with Gasteiger partial charge in [0.05, 0.1) is 16.3 Å². The van der Waals surface area contributed by atoms with Gasteiger partial charge in [-0.1, -0.05) is 11.6 Å². The first-order valence-electron chi connectivity index (χ1n) is 6.18. The molecule has 0 unspecified atom stereocenters. The zero-order valence-electron chi connectivity index (χ0n) is 11.7. The number of hydrogen-bond donors (Lipinski definition) is 1. The van der Waals surface area contributed by atoms with E-state index >= 15 is 0 Å². The topological polar surface area (TPSA) is 42.7 Å². The first-order chi connectivity index (χ1) is 9.75. The fraction of sp³-hybridized carbons (Fsp3) is 0.385. The lowest BCUT2D eigenvalue weighted by atomic mass is 10.2. The van der Waals surface area contributed by atoms with E-state index in [9.17, 15) is 13.2 Å². The van der Waals surface area contributed by atoms with Crippen LogP contribution in [0.15, 0.2) is 12.3 Å². The van der Waals surface area contributed by atoms with Gasteiger partial charge in [0.2, 0.25) is 0 Å². The van der Waals surface area contributed by atoms with E-state index in [1.54, 1.807) is 7.05 Å². The van der Waals surface area contributed by atoms with Crippen molar-refractivity contribution < 1.29 is 13.2 Å². The maximum Gasteiger partial charge on any atom is 0.417 e. The highest BCUT2D eigenvalue weighted by atomic mass is 35.5. The Morgan fingerprint density at radius 2 is 2.00 bits per heavy atom. The number of pyridine rings is 1. The number of nitrogens with one attached hydrogen (secondary N) is 1. The Kier molecular flexibility index (Phi) is 4.25. The van der Waals surface area contributed by atoms with Crippen molar-refractivity contribution in [3.05, 3.63) is 39.8 Å². The standard InChI is InChI=1S/C13H14ClF3N4/c1-7-10(6-18-3)8(2)21(20-7)12-11(14)4-9(5-19-12)13(15,16)17/h4-5,18H,6H2,1-3H3. The summed E-state index contributed by atoms with van der Waals surface area (Å²) >= 11 is 5.94. The number of hydrogen-bond acceptors (Lipinski definition) is 3. The van der Waals surface area contributed by atoms with Gasteiger partial charge in [-0.15, -0.1) is 0 Å². The second-order valence-electron chi connectivity index (χ2n) is 4.62. The summed E-state index contributed by atoms with van der Waals surface area (Å²) in [6.07, 6.45) is -3.71. The Morgan fingerprint density at radius 1 is 1.33 bits per heavy atom. The van der Waals surface area contributed by atoms with Crippen molar-refractivity contribution in [1.29, 1.82) is 0 Å². The fourth-order valence-corrected chi connectivity index (χ4v) is 2.30. The van der Waals surface area contributed by atoms with E-state index in [4.69, 9.17) is 11.6 Å². The third-order valence-corrected chi connectivity index (χ3v) is 3.42. The fourth-order valence-electron chi connectivity index (χ4n) is 2.06. The number of rotatable bonds is 3. The molecule has 1 N–H and O–H groups in total. The van der Waals surface area contributed by atoms with Crippen LogP contribution in [0.5, 0.6) is 0 Å². The van der Waals surface area contributed by atoms with E-state index in [1.807, 2.05) is 13.8 Å². The van der Waals surface area contributed by atoms with Crippen molar-refractivity contribution in [1.82, 2.24) is 20.1 Å². The highest BCUT2D eigenvalue weighted by molar-refractivity contribution is 6.32. The Balaban J connectivity index is 2.51. The average molecular weight is 319 g/mol. The second-order valence-corrected chi connectivity index (χ2v) is 5.03. The molecule has 0 saturated carbocycles. The molecule has 0 atom stereocenters. The van der Waals surface area contributed by atoms with E-state index in [1.165, 1.54) is 4.68 Å². The molecule has 0 aliphatic heterocycles. The quantitative estimate of drug-likeness (QED) is 0.944. The summed E-state index contributed by atoms with van der Waals surface area (Å²) < 4.78 is 39.3. The van der Waals surface area contributed by atoms with Gasteiger partial charge in [0.1, 0.15) is 0 Å². The molecule has 21 heavy (non-hydrogen) atoms. The largest absolute Gasteiger partial charge is 0.417 e. The van der Waals surface area contributed by atoms with Crippen molar-refractivity contribution in [2.75, 3.05) is 7.05 Å². The molecule has 0 aliphatic rings. The van der Waals surface area contributed by atoms with Gasteiger partial charge in [0, 0.05) is 24.0 Å². The Labute approximate surface area is 124 Å². The molecular formula is C13H14ClF3N4. The average Bonchev–Trinajstić information content (AvgIpc) is 2.66. The molecule has 0 amide bonds. The molecule has 8 heteroatoms. The van der Waals surface area contributed by atoms with Crippen LogP contribution in [-0.2, 0) is 12.7 Å². The molecule has 0 fully saturated rings. The van der Waals surface area contributed by atoms with Crippen molar-refractivity contribution in [3.8, 4) is 5.82 Å². The zero-order chi connectivity index (χ0) is 15.8. The molecule has 0 bridgehead atoms. The molecule has 2 rings (SSSR count). The smallest absolute Gasteiger partial charge is 0.316 e. The van der Waals surface area contributed by atoms with Gasteiger partial charge in [-0.05, 0) is 27.0 Å². The lowest BCUT2D eigenvalue weighted by molar-refractivity contribution is -0.137. The predicted octanol–water partition coefficient (Wildman–Crippen LogP) is 3.28. The van der Waals surface area contributed by atoms with Gasteiger partial charge in [-0.25, -0.2) is 9.67 Å². The van der Waals surface area contributed by atoms with E-state index in [0.717, 1.165) is 29.2 Å². The van der Waals surface area contributed by atoms with Crippen LogP contribution in [0.3, 0.4) is 0 Å². The molecule has 0 saturated heterocycles. The Morgan fingerprint density at radius 3 is 2.52 bits per heavy atom. The van der Waals surface area contributed by atoms with E-state index < -0.39 is 11.7 Å². The van der Waals surface area contributed by atoms with Gasteiger partial charge in [0.15, 0.2) is 5.82 Å². The van der Waals surface area contributed by atoms with Crippen molar-refractivity contribution in [2.24, 2.45) is 0 Å². The number of alkyl halides is 3. The van der Waals surface area contributed by atoms with Crippen LogP contribution in [0.25, 0.3) is 5.82 Å². The second kappa shape index (κ2) is 5.65. The van der Waals surface area contributed by atoms with Crippen molar-refractivity contribution in [2.45, 2.75) is 26.6 Å². The number of nitrogens with zero attached hydrogens (tertiary/aromatic N) is 3. The van der Waals surface area contributed by atoms with Crippen LogP contribution in [0.4, 0.5) is 13.2 Å². The molecule has 0 spiro atoms. The van der Waals surface area contributed by atoms with Gasteiger partial charge < -0.3 is 5.32 Å². The Bertz CT molecular complexity index is 664. The lowest BCUT2D eigenvalue weighted by Gasteiger charge is -2.10. The number of halogens is 4. The van der Waals surface area contributed by atoms with Gasteiger partial charge in [-0.2, -0.15) is 18.3 Å². The van der Waals surface area contributed by atoms with Crippen LogP contribution in [0.1, 0.15) is 22.5 Å². The third-order valence-electron chi connectivity index (χ3n) is 3.14. The maximum absolute atomic E-state index is 12.6. The summed E-state index contributed by atoms with van der Waals surface area (Å²) in [7, 11) is 1.81. The monoisotopic (exact) mass is 318 g/mol. The van der Waals surface area contributed by atoms with Gasteiger partial charge in [0.25, 0.3) is 0 Å². The minimum absolute atomic E-state index is 0.0913. The number of aromatic nitrogens is 3. The van der Waals surface area contributed by atoms with E-state index in [2.05, 4.69) is 15.4 Å². The molecule has 4 nitrogen and oxygen atoms in total. The molecule has 0 aromatic carbocycles. The normalized spacial score (nSPS) is 12.0. The SMILES string of the molecule is CNCc1c(C)nn(-c2ncc(C(F)(F)F)cc2Cl)c1C. The molecule has 0 aliphatic carbocycles. The first kappa shape index (κ1) is 15.8. The molecule has 2 aromatic heterocycles.